The van der Waals surface area contributed by atoms with Crippen molar-refractivity contribution in [1.82, 2.24) is 0 Å². The average molecular weight is 312 g/mol. The van der Waals surface area contributed by atoms with Crippen molar-refractivity contribution in [3.05, 3.63) is 58.9 Å². The van der Waals surface area contributed by atoms with Gasteiger partial charge >= 0.3 is 0 Å². The van der Waals surface area contributed by atoms with Gasteiger partial charge in [-0.1, -0.05) is 0 Å². The molecule has 3 nitrogen and oxygen atoms in total. The summed E-state index contributed by atoms with van der Waals surface area (Å²) in [6.45, 7) is 8.80. The minimum atomic E-state index is -0.659. The van der Waals surface area contributed by atoms with Crippen LogP contribution in [0.1, 0.15) is 37.5 Å². The zero-order chi connectivity index (χ0) is 16.6. The van der Waals surface area contributed by atoms with Gasteiger partial charge in [-0.3, -0.25) is 0 Å². The quantitative estimate of drug-likeness (QED) is 0.903. The molecule has 0 unspecified atom stereocenters. The van der Waals surface area contributed by atoms with Gasteiger partial charge < -0.3 is 10.1 Å². The first-order chi connectivity index (χ1) is 10.9. The predicted octanol–water partition coefficient (Wildman–Crippen LogP) is 4.53. The van der Waals surface area contributed by atoms with Crippen molar-refractivity contribution in [1.29, 1.82) is 0 Å². The third kappa shape index (κ3) is 3.07. The van der Waals surface area contributed by atoms with Gasteiger partial charge in [-0.25, -0.2) is 9.38 Å². The van der Waals surface area contributed by atoms with E-state index in [2.05, 4.69) is 18.3 Å². The number of hydrogen-bond donors (Lipinski definition) is 1. The topological polar surface area (TPSA) is 33.6 Å². The van der Waals surface area contributed by atoms with Gasteiger partial charge in [0.2, 0.25) is 0 Å². The zero-order valence-corrected chi connectivity index (χ0v) is 13.9. The Morgan fingerprint density at radius 3 is 2.52 bits per heavy atom. The number of hydrogen-bond acceptors (Lipinski definition) is 3. The second-order valence-electron chi connectivity index (χ2n) is 6.21. The molecule has 1 aliphatic heterocycles. The SMILES string of the molecule is CCNc1cc(C)c2c(c1)OC(C)(C)N=C2c1ccc(F)cc1. The molecule has 3 rings (SSSR count). The summed E-state index contributed by atoms with van der Waals surface area (Å²) in [5.74, 6) is 0.556. The molecule has 4 heteroatoms. The molecule has 2 aromatic rings. The molecule has 1 heterocycles. The number of aliphatic imine (C=N–C) groups is 1. The Kier molecular flexibility index (Phi) is 3.84. The molecule has 0 radical (unpaired) electrons. The van der Waals surface area contributed by atoms with Gasteiger partial charge in [-0.15, -0.1) is 0 Å². The number of rotatable bonds is 3. The molecule has 2 aromatic carbocycles. The second kappa shape index (κ2) is 5.69. The average Bonchev–Trinajstić information content (AvgIpc) is 2.46. The van der Waals surface area contributed by atoms with Crippen LogP contribution in [0, 0.1) is 12.7 Å². The van der Waals surface area contributed by atoms with Crippen LogP contribution in [0.2, 0.25) is 0 Å². The summed E-state index contributed by atoms with van der Waals surface area (Å²) in [6.07, 6.45) is 0. The zero-order valence-electron chi connectivity index (χ0n) is 13.9. The van der Waals surface area contributed by atoms with Crippen LogP contribution < -0.4 is 10.1 Å². The van der Waals surface area contributed by atoms with Crippen LogP contribution >= 0.6 is 0 Å². The van der Waals surface area contributed by atoms with E-state index in [1.807, 2.05) is 26.8 Å². The van der Waals surface area contributed by atoms with E-state index in [1.54, 1.807) is 12.1 Å². The molecule has 0 spiro atoms. The highest BCUT2D eigenvalue weighted by Gasteiger charge is 2.30. The fraction of sp³-hybridized carbons (Fsp3) is 0.316. The van der Waals surface area contributed by atoms with Crippen molar-refractivity contribution in [2.75, 3.05) is 11.9 Å². The Bertz CT molecular complexity index is 764. The molecule has 1 N–H and O–H groups in total. The van der Waals surface area contributed by atoms with Crippen LogP contribution in [-0.4, -0.2) is 18.0 Å². The lowest BCUT2D eigenvalue weighted by Crippen LogP contribution is -2.33. The molecular weight excluding hydrogens is 291 g/mol. The standard InChI is InChI=1S/C19H21FN2O/c1-5-21-15-10-12(2)17-16(11-15)23-19(3,4)22-18(17)13-6-8-14(20)9-7-13/h6-11,21H,5H2,1-4H3. The lowest BCUT2D eigenvalue weighted by Gasteiger charge is -2.31. The highest BCUT2D eigenvalue weighted by Crippen LogP contribution is 2.36. The minimum Gasteiger partial charge on any atom is -0.466 e. The van der Waals surface area contributed by atoms with Gasteiger partial charge in [0.15, 0.2) is 5.72 Å². The van der Waals surface area contributed by atoms with Crippen LogP contribution in [-0.2, 0) is 0 Å². The monoisotopic (exact) mass is 312 g/mol. The van der Waals surface area contributed by atoms with E-state index in [0.717, 1.165) is 40.4 Å². The van der Waals surface area contributed by atoms with Gasteiger partial charge in [0, 0.05) is 29.4 Å². The number of aryl methyl sites for hydroxylation is 1. The molecule has 23 heavy (non-hydrogen) atoms. The van der Waals surface area contributed by atoms with Crippen molar-refractivity contribution >= 4 is 11.4 Å². The summed E-state index contributed by atoms with van der Waals surface area (Å²) in [5.41, 5.74) is 4.16. The molecule has 0 atom stereocenters. The maximum atomic E-state index is 13.2. The van der Waals surface area contributed by atoms with Crippen LogP contribution in [0.3, 0.4) is 0 Å². The number of ether oxygens (including phenoxy) is 1. The maximum Gasteiger partial charge on any atom is 0.195 e. The van der Waals surface area contributed by atoms with Crippen LogP contribution in [0.25, 0.3) is 0 Å². The summed E-state index contributed by atoms with van der Waals surface area (Å²) in [4.78, 5) is 4.74. The lowest BCUT2D eigenvalue weighted by atomic mass is 9.94. The van der Waals surface area contributed by atoms with Crippen LogP contribution in [0.4, 0.5) is 10.1 Å². The number of nitrogens with one attached hydrogen (secondary N) is 1. The van der Waals surface area contributed by atoms with Crippen molar-refractivity contribution in [3.63, 3.8) is 0 Å². The first-order valence-corrected chi connectivity index (χ1v) is 7.83. The summed E-state index contributed by atoms with van der Waals surface area (Å²) in [6, 6.07) is 10.5. The molecule has 1 aliphatic rings. The fourth-order valence-corrected chi connectivity index (χ4v) is 2.88. The highest BCUT2D eigenvalue weighted by molar-refractivity contribution is 6.16. The Morgan fingerprint density at radius 2 is 1.87 bits per heavy atom. The molecular formula is C19H21FN2O. The summed E-state index contributed by atoms with van der Waals surface area (Å²) >= 11 is 0. The number of nitrogens with zero attached hydrogens (tertiary/aromatic N) is 1. The van der Waals surface area contributed by atoms with E-state index in [9.17, 15) is 4.39 Å². The third-order valence-corrected chi connectivity index (χ3v) is 3.78. The van der Waals surface area contributed by atoms with Crippen LogP contribution in [0.15, 0.2) is 41.4 Å². The van der Waals surface area contributed by atoms with Gasteiger partial charge in [0.05, 0.1) is 5.71 Å². The highest BCUT2D eigenvalue weighted by atomic mass is 19.1. The number of anilines is 1. The minimum absolute atomic E-state index is 0.250. The summed E-state index contributed by atoms with van der Waals surface area (Å²) in [7, 11) is 0. The molecule has 120 valence electrons. The van der Waals surface area contributed by atoms with E-state index in [0.29, 0.717) is 0 Å². The van der Waals surface area contributed by atoms with Crippen molar-refractivity contribution in [2.24, 2.45) is 4.99 Å². The number of halogens is 1. The van der Waals surface area contributed by atoms with Crippen molar-refractivity contribution in [2.45, 2.75) is 33.4 Å². The lowest BCUT2D eigenvalue weighted by molar-refractivity contribution is 0.115. The number of benzene rings is 2. The van der Waals surface area contributed by atoms with Gasteiger partial charge in [-0.2, -0.15) is 0 Å². The van der Waals surface area contributed by atoms with E-state index >= 15 is 0 Å². The smallest absolute Gasteiger partial charge is 0.195 e. The number of fused-ring (bicyclic) bond motifs is 1. The first kappa shape index (κ1) is 15.5. The Morgan fingerprint density at radius 1 is 1.17 bits per heavy atom. The van der Waals surface area contributed by atoms with E-state index < -0.39 is 5.72 Å². The molecule has 0 bridgehead atoms. The Labute approximate surface area is 136 Å². The van der Waals surface area contributed by atoms with Gasteiger partial charge in [0.25, 0.3) is 0 Å². The maximum absolute atomic E-state index is 13.2. The summed E-state index contributed by atoms with van der Waals surface area (Å²) < 4.78 is 19.3. The fourth-order valence-electron chi connectivity index (χ4n) is 2.88. The van der Waals surface area contributed by atoms with Crippen molar-refractivity contribution < 1.29 is 9.13 Å². The largest absolute Gasteiger partial charge is 0.466 e. The van der Waals surface area contributed by atoms with Crippen molar-refractivity contribution in [3.8, 4) is 5.75 Å². The summed E-state index contributed by atoms with van der Waals surface area (Å²) in [5, 5.41) is 3.32. The van der Waals surface area contributed by atoms with Gasteiger partial charge in [-0.05, 0) is 63.6 Å². The van der Waals surface area contributed by atoms with E-state index in [-0.39, 0.29) is 5.82 Å². The molecule has 0 saturated carbocycles. The third-order valence-electron chi connectivity index (χ3n) is 3.78. The second-order valence-corrected chi connectivity index (χ2v) is 6.21. The normalized spacial score (nSPS) is 15.4. The molecule has 0 fully saturated rings. The van der Waals surface area contributed by atoms with E-state index in [1.165, 1.54) is 12.1 Å². The predicted molar refractivity (Wildman–Crippen MR) is 92.1 cm³/mol. The first-order valence-electron chi connectivity index (χ1n) is 7.83. The molecule has 0 aliphatic carbocycles. The van der Waals surface area contributed by atoms with Crippen LogP contribution in [0.5, 0.6) is 5.75 Å². The molecule has 0 aromatic heterocycles. The molecule has 0 saturated heterocycles. The van der Waals surface area contributed by atoms with E-state index in [4.69, 9.17) is 9.73 Å². The Hall–Kier alpha value is -2.36. The Balaban J connectivity index is 2.17. The molecule has 0 amide bonds. The van der Waals surface area contributed by atoms with Gasteiger partial charge in [0.1, 0.15) is 11.6 Å².